The summed E-state index contributed by atoms with van der Waals surface area (Å²) in [7, 11) is 0. The first-order valence-electron chi connectivity index (χ1n) is 10.2. The predicted molar refractivity (Wildman–Crippen MR) is 121 cm³/mol. The molecule has 1 spiro atoms. The molecule has 2 aromatic carbocycles. The van der Waals surface area contributed by atoms with Gasteiger partial charge in [0, 0.05) is 42.9 Å². The van der Waals surface area contributed by atoms with E-state index in [-0.39, 0.29) is 17.4 Å². The van der Waals surface area contributed by atoms with E-state index in [9.17, 15) is 4.79 Å². The minimum absolute atomic E-state index is 0.130. The topological polar surface area (TPSA) is 59.6 Å². The summed E-state index contributed by atoms with van der Waals surface area (Å²) in [5.74, 6) is 1.01. The highest BCUT2D eigenvalue weighted by molar-refractivity contribution is 7.80. The average molecular weight is 425 g/mol. The molecule has 2 atom stereocenters. The molecule has 0 aromatic heterocycles. The monoisotopic (exact) mass is 424 g/mol. The fourth-order valence-corrected chi connectivity index (χ4v) is 5.25. The molecule has 0 saturated carbocycles. The third kappa shape index (κ3) is 4.01. The van der Waals surface area contributed by atoms with E-state index in [0.717, 1.165) is 29.7 Å². The molecule has 0 bridgehead atoms. The minimum Gasteiger partial charge on any atom is -0.468 e. The third-order valence-electron chi connectivity index (χ3n) is 5.77. The second-order valence-corrected chi connectivity index (χ2v) is 9.56. The van der Waals surface area contributed by atoms with Crippen molar-refractivity contribution in [3.63, 3.8) is 0 Å². The lowest BCUT2D eigenvalue weighted by atomic mass is 9.76. The van der Waals surface area contributed by atoms with E-state index >= 15 is 0 Å². The van der Waals surface area contributed by atoms with Crippen LogP contribution in [0.15, 0.2) is 36.4 Å². The molecule has 2 aromatic rings. The quantitative estimate of drug-likeness (QED) is 0.421. The maximum Gasteiger partial charge on any atom is 0.308 e. The number of hydrogen-bond acceptors (Lipinski definition) is 4. The number of esters is 1. The van der Waals surface area contributed by atoms with Gasteiger partial charge in [-0.1, -0.05) is 29.8 Å². The van der Waals surface area contributed by atoms with Gasteiger partial charge in [0.15, 0.2) is 10.8 Å². The van der Waals surface area contributed by atoms with Crippen molar-refractivity contribution in [3.05, 3.63) is 58.7 Å². The zero-order chi connectivity index (χ0) is 21.7. The Hall–Kier alpha value is -2.60. The summed E-state index contributed by atoms with van der Waals surface area (Å²) in [6.07, 6.45) is 1.49. The minimum atomic E-state index is -0.643. The summed E-state index contributed by atoms with van der Waals surface area (Å²) < 4.78 is 12.0. The van der Waals surface area contributed by atoms with Crippen LogP contribution in [-0.2, 0) is 4.79 Å². The summed E-state index contributed by atoms with van der Waals surface area (Å²) in [6, 6.07) is 12.4. The molecule has 30 heavy (non-hydrogen) atoms. The van der Waals surface area contributed by atoms with Gasteiger partial charge in [0.2, 0.25) is 0 Å². The Bertz CT molecular complexity index is 1020. The van der Waals surface area contributed by atoms with Gasteiger partial charge in [-0.05, 0) is 57.1 Å². The maximum absolute atomic E-state index is 11.5. The van der Waals surface area contributed by atoms with Crippen LogP contribution in [0.5, 0.6) is 11.5 Å². The number of benzene rings is 2. The van der Waals surface area contributed by atoms with Crippen molar-refractivity contribution in [3.8, 4) is 11.5 Å². The predicted octanol–water partition coefficient (Wildman–Crippen LogP) is 4.49. The van der Waals surface area contributed by atoms with E-state index < -0.39 is 5.72 Å². The standard InChI is InChI=1S/C24H28N2O3S/c1-14-6-8-17(9-7-14)19-12-24(13-23(4,5)25-22(30)26-24)29-20-11-18(28-16(3)27)10-15(2)21(19)20/h6-11,19H,12-13H2,1-5H3,(H2,25,26,30)/t19-,24-/m1/s1. The summed E-state index contributed by atoms with van der Waals surface area (Å²) in [4.78, 5) is 11.5. The van der Waals surface area contributed by atoms with Crippen LogP contribution in [0, 0.1) is 13.8 Å². The lowest BCUT2D eigenvalue weighted by Gasteiger charge is -2.50. The van der Waals surface area contributed by atoms with Gasteiger partial charge >= 0.3 is 5.97 Å². The third-order valence-corrected chi connectivity index (χ3v) is 5.98. The Balaban J connectivity index is 1.85. The van der Waals surface area contributed by atoms with E-state index in [0.29, 0.717) is 10.9 Å². The van der Waals surface area contributed by atoms with E-state index in [1.54, 1.807) is 0 Å². The second-order valence-electron chi connectivity index (χ2n) is 9.15. The lowest BCUT2D eigenvalue weighted by molar-refractivity contribution is -0.131. The fourth-order valence-electron chi connectivity index (χ4n) is 4.79. The van der Waals surface area contributed by atoms with Gasteiger partial charge in [0.05, 0.1) is 0 Å². The van der Waals surface area contributed by atoms with Crippen molar-refractivity contribution in [2.45, 2.75) is 64.6 Å². The molecule has 0 amide bonds. The van der Waals surface area contributed by atoms with Gasteiger partial charge in [0.25, 0.3) is 0 Å². The molecule has 6 heteroatoms. The van der Waals surface area contributed by atoms with E-state index in [1.807, 2.05) is 19.1 Å². The number of nitrogens with one attached hydrogen (secondary N) is 2. The van der Waals surface area contributed by atoms with Gasteiger partial charge in [0.1, 0.15) is 11.5 Å². The van der Waals surface area contributed by atoms with Crippen molar-refractivity contribution in [1.29, 1.82) is 0 Å². The van der Waals surface area contributed by atoms with Crippen molar-refractivity contribution in [2.24, 2.45) is 0 Å². The first kappa shape index (κ1) is 20.7. The Labute approximate surface area is 183 Å². The molecule has 5 nitrogen and oxygen atoms in total. The Kier molecular flexibility index (Phi) is 5.01. The molecule has 158 valence electrons. The van der Waals surface area contributed by atoms with Crippen LogP contribution in [0.3, 0.4) is 0 Å². The Morgan fingerprint density at radius 2 is 1.87 bits per heavy atom. The van der Waals surface area contributed by atoms with Crippen molar-refractivity contribution >= 4 is 23.3 Å². The molecule has 1 saturated heterocycles. The van der Waals surface area contributed by atoms with Crippen LogP contribution in [0.2, 0.25) is 0 Å². The number of thiocarbonyl (C=S) groups is 1. The number of carbonyl (C=O) groups is 1. The lowest BCUT2D eigenvalue weighted by Crippen LogP contribution is -2.69. The number of carbonyl (C=O) groups excluding carboxylic acids is 1. The number of rotatable bonds is 2. The molecule has 4 rings (SSSR count). The van der Waals surface area contributed by atoms with E-state index in [4.69, 9.17) is 21.7 Å². The summed E-state index contributed by atoms with van der Waals surface area (Å²) in [5.41, 5.74) is 3.78. The molecule has 2 aliphatic rings. The fraction of sp³-hybridized carbons (Fsp3) is 0.417. The molecule has 2 N–H and O–H groups in total. The highest BCUT2D eigenvalue weighted by Crippen LogP contribution is 2.49. The first-order chi connectivity index (χ1) is 14.1. The molecule has 0 aliphatic carbocycles. The van der Waals surface area contributed by atoms with E-state index in [1.165, 1.54) is 18.1 Å². The molecule has 2 heterocycles. The van der Waals surface area contributed by atoms with Gasteiger partial charge in [-0.25, -0.2) is 0 Å². The van der Waals surface area contributed by atoms with Crippen LogP contribution in [0.25, 0.3) is 0 Å². The first-order valence-corrected chi connectivity index (χ1v) is 10.7. The van der Waals surface area contributed by atoms with Crippen LogP contribution in [0.1, 0.15) is 61.8 Å². The average Bonchev–Trinajstić information content (AvgIpc) is 2.58. The molecule has 1 fully saturated rings. The zero-order valence-electron chi connectivity index (χ0n) is 18.1. The van der Waals surface area contributed by atoms with Crippen molar-refractivity contribution in [2.75, 3.05) is 0 Å². The smallest absolute Gasteiger partial charge is 0.308 e. The van der Waals surface area contributed by atoms with Crippen LogP contribution in [-0.4, -0.2) is 22.3 Å². The summed E-state index contributed by atoms with van der Waals surface area (Å²) >= 11 is 5.52. The van der Waals surface area contributed by atoms with Crippen LogP contribution in [0.4, 0.5) is 0 Å². The molecule has 0 radical (unpaired) electrons. The summed E-state index contributed by atoms with van der Waals surface area (Å²) in [6.45, 7) is 9.79. The Morgan fingerprint density at radius 1 is 1.17 bits per heavy atom. The highest BCUT2D eigenvalue weighted by Gasteiger charge is 2.49. The second kappa shape index (κ2) is 7.27. The van der Waals surface area contributed by atoms with Crippen LogP contribution >= 0.6 is 12.2 Å². The van der Waals surface area contributed by atoms with Crippen molar-refractivity contribution in [1.82, 2.24) is 10.6 Å². The van der Waals surface area contributed by atoms with E-state index in [2.05, 4.69) is 55.7 Å². The van der Waals surface area contributed by atoms with Gasteiger partial charge < -0.3 is 20.1 Å². The molecule has 2 aliphatic heterocycles. The molecular formula is C24H28N2O3S. The summed E-state index contributed by atoms with van der Waals surface area (Å²) in [5, 5.41) is 7.33. The number of hydrogen-bond donors (Lipinski definition) is 2. The number of fused-ring (bicyclic) bond motifs is 1. The number of aryl methyl sites for hydroxylation is 2. The zero-order valence-corrected chi connectivity index (χ0v) is 18.9. The highest BCUT2D eigenvalue weighted by atomic mass is 32.1. The van der Waals surface area contributed by atoms with Gasteiger partial charge in [-0.2, -0.15) is 0 Å². The molecular weight excluding hydrogens is 396 g/mol. The van der Waals surface area contributed by atoms with Gasteiger partial charge in [-0.3, -0.25) is 4.79 Å². The Morgan fingerprint density at radius 3 is 2.50 bits per heavy atom. The largest absolute Gasteiger partial charge is 0.468 e. The maximum atomic E-state index is 11.5. The normalized spacial score (nSPS) is 24.3. The SMILES string of the molecule is CC(=O)Oc1cc(C)c2c(c1)O[C@]1(C[C@@H]2c2ccc(C)cc2)CC(C)(C)NC(=S)N1. The van der Waals surface area contributed by atoms with Gasteiger partial charge in [-0.15, -0.1) is 0 Å². The van der Waals surface area contributed by atoms with Crippen molar-refractivity contribution < 1.29 is 14.3 Å². The molecule has 0 unspecified atom stereocenters. The van der Waals surface area contributed by atoms with Crippen LogP contribution < -0.4 is 20.1 Å². The number of ether oxygens (including phenoxy) is 2.